The molecule has 1 aliphatic rings. The molecule has 0 spiro atoms. The Hall–Kier alpha value is -2.34. The molecule has 1 aromatic rings. The molecule has 0 aliphatic carbocycles. The van der Waals surface area contributed by atoms with E-state index in [1.165, 1.54) is 22.6 Å². The van der Waals surface area contributed by atoms with Gasteiger partial charge in [-0.1, -0.05) is 70.4 Å². The lowest BCUT2D eigenvalue weighted by Gasteiger charge is -2.38. The fourth-order valence-electron chi connectivity index (χ4n) is 4.70. The van der Waals surface area contributed by atoms with Crippen LogP contribution >= 0.6 is 11.8 Å². The van der Waals surface area contributed by atoms with Crippen LogP contribution in [0.1, 0.15) is 90.9 Å². The minimum atomic E-state index is -1.69. The van der Waals surface area contributed by atoms with E-state index in [1.807, 2.05) is 0 Å². The molecule has 7 unspecified atom stereocenters. The highest BCUT2D eigenvalue weighted by Gasteiger charge is 2.43. The van der Waals surface area contributed by atoms with Crippen molar-refractivity contribution in [1.82, 2.24) is 15.0 Å². The lowest BCUT2D eigenvalue weighted by atomic mass is 9.99. The summed E-state index contributed by atoms with van der Waals surface area (Å²) in [5.41, 5.74) is 6.07. The Kier molecular flexibility index (Phi) is 19.3. The summed E-state index contributed by atoms with van der Waals surface area (Å²) >= 11 is 1.29. The average Bonchev–Trinajstić information content (AvgIpc) is 3.47. The Balaban J connectivity index is 1.81. The molecule has 1 aliphatic heterocycles. The molecule has 7 atom stereocenters. The first-order chi connectivity index (χ1) is 22.0. The Morgan fingerprint density at radius 1 is 0.935 bits per heavy atom. The minimum absolute atomic E-state index is 0.0701. The Morgan fingerprint density at radius 3 is 2.22 bits per heavy atom. The number of rotatable bonds is 23. The van der Waals surface area contributed by atoms with Crippen molar-refractivity contribution in [2.75, 3.05) is 23.4 Å². The SMILES string of the molecule is CCCCCCCC(=O)OCC(CSCC(N)C(=O)Nc1cn(CC2OC(O)C(O)C(O)C2O)nn1)OC(=O)CCCCCCC. The fraction of sp³-hybridized carbons (Fsp3) is 0.833. The molecule has 0 radical (unpaired) electrons. The van der Waals surface area contributed by atoms with Crippen LogP contribution in [0.5, 0.6) is 0 Å². The summed E-state index contributed by atoms with van der Waals surface area (Å²) in [5.74, 6) is -0.702. The molecule has 1 saturated heterocycles. The third-order valence-electron chi connectivity index (χ3n) is 7.48. The van der Waals surface area contributed by atoms with Gasteiger partial charge in [0.15, 0.2) is 12.1 Å². The van der Waals surface area contributed by atoms with E-state index in [-0.39, 0.29) is 48.8 Å². The van der Waals surface area contributed by atoms with Gasteiger partial charge in [-0.3, -0.25) is 14.4 Å². The van der Waals surface area contributed by atoms with E-state index in [1.54, 1.807) is 0 Å². The molecule has 2 rings (SSSR count). The van der Waals surface area contributed by atoms with Crippen LogP contribution in [0, 0.1) is 0 Å². The molecule has 0 aromatic carbocycles. The normalized spacial score (nSPS) is 22.6. The number of aromatic nitrogens is 3. The van der Waals surface area contributed by atoms with Crippen molar-refractivity contribution in [3.05, 3.63) is 6.20 Å². The maximum absolute atomic E-state index is 12.7. The van der Waals surface area contributed by atoms with Crippen LogP contribution in [0.2, 0.25) is 0 Å². The van der Waals surface area contributed by atoms with Gasteiger partial charge in [0, 0.05) is 24.3 Å². The van der Waals surface area contributed by atoms with E-state index >= 15 is 0 Å². The number of carbonyl (C=O) groups excluding carboxylic acids is 3. The number of esters is 2. The number of nitrogens with two attached hydrogens (primary N) is 1. The van der Waals surface area contributed by atoms with Gasteiger partial charge in [0.05, 0.1) is 18.8 Å². The first kappa shape index (κ1) is 39.8. The molecule has 7 N–H and O–H groups in total. The van der Waals surface area contributed by atoms with Gasteiger partial charge in [0.1, 0.15) is 37.1 Å². The molecule has 0 bridgehead atoms. The largest absolute Gasteiger partial charge is 0.462 e. The van der Waals surface area contributed by atoms with E-state index in [4.69, 9.17) is 19.9 Å². The van der Waals surface area contributed by atoms with Gasteiger partial charge in [0.2, 0.25) is 5.91 Å². The Bertz CT molecular complexity index is 1030. The standard InChI is InChI=1S/C30H53N5O10S/c1-3-5-7-9-11-13-24(36)43-17-20(44-25(37)14-12-10-8-6-4-2)18-46-19-21(31)29(41)32-23-16-35(34-33-23)15-22-26(38)27(39)28(40)30(42)45-22/h16,20-22,26-28,30,38-40,42H,3-15,17-19,31H2,1-2H3,(H,32,41). The lowest BCUT2D eigenvalue weighted by molar-refractivity contribution is -0.284. The molecule has 2 heterocycles. The Labute approximate surface area is 274 Å². The zero-order valence-corrected chi connectivity index (χ0v) is 27.8. The van der Waals surface area contributed by atoms with Crippen LogP contribution < -0.4 is 11.1 Å². The number of amides is 1. The summed E-state index contributed by atoms with van der Waals surface area (Å²) in [6.45, 7) is 4.05. The van der Waals surface area contributed by atoms with E-state index in [9.17, 15) is 34.8 Å². The van der Waals surface area contributed by atoms with Crippen LogP contribution in [0.4, 0.5) is 5.82 Å². The molecule has 16 heteroatoms. The highest BCUT2D eigenvalue weighted by molar-refractivity contribution is 7.99. The number of ether oxygens (including phenoxy) is 3. The quantitative estimate of drug-likeness (QED) is 0.0709. The van der Waals surface area contributed by atoms with Crippen molar-refractivity contribution in [2.24, 2.45) is 5.73 Å². The summed E-state index contributed by atoms with van der Waals surface area (Å²) in [5, 5.41) is 49.5. The summed E-state index contributed by atoms with van der Waals surface area (Å²) in [6, 6.07) is -0.953. The number of aliphatic hydroxyl groups is 4. The predicted octanol–water partition coefficient (Wildman–Crippen LogP) is 1.25. The molecule has 15 nitrogen and oxygen atoms in total. The second kappa shape index (κ2) is 22.3. The summed E-state index contributed by atoms with van der Waals surface area (Å²) < 4.78 is 17.4. The van der Waals surface area contributed by atoms with Crippen LogP contribution in [0.3, 0.4) is 0 Å². The van der Waals surface area contributed by atoms with Crippen molar-refractivity contribution in [3.8, 4) is 0 Å². The fourth-order valence-corrected chi connectivity index (χ4v) is 5.67. The molecular weight excluding hydrogens is 622 g/mol. The predicted molar refractivity (Wildman–Crippen MR) is 170 cm³/mol. The molecule has 1 aromatic heterocycles. The highest BCUT2D eigenvalue weighted by atomic mass is 32.2. The third-order valence-corrected chi connectivity index (χ3v) is 8.68. The number of anilines is 1. The van der Waals surface area contributed by atoms with Crippen molar-refractivity contribution in [1.29, 1.82) is 0 Å². The van der Waals surface area contributed by atoms with Gasteiger partial charge >= 0.3 is 11.9 Å². The molecule has 0 saturated carbocycles. The smallest absolute Gasteiger partial charge is 0.306 e. The van der Waals surface area contributed by atoms with Gasteiger partial charge in [-0.2, -0.15) is 11.8 Å². The van der Waals surface area contributed by atoms with E-state index in [0.717, 1.165) is 64.2 Å². The minimum Gasteiger partial charge on any atom is -0.462 e. The highest BCUT2D eigenvalue weighted by Crippen LogP contribution is 2.21. The average molecular weight is 676 g/mol. The van der Waals surface area contributed by atoms with Crippen LogP contribution in [-0.4, -0.2) is 114 Å². The van der Waals surface area contributed by atoms with Gasteiger partial charge in [-0.25, -0.2) is 4.68 Å². The number of nitrogens with one attached hydrogen (secondary N) is 1. The first-order valence-electron chi connectivity index (χ1n) is 16.3. The van der Waals surface area contributed by atoms with Crippen LogP contribution in [0.25, 0.3) is 0 Å². The first-order valence-corrected chi connectivity index (χ1v) is 17.5. The number of nitrogens with zero attached hydrogens (tertiary/aromatic N) is 3. The molecule has 1 fully saturated rings. The third kappa shape index (κ3) is 15.0. The number of carbonyl (C=O) groups is 3. The maximum atomic E-state index is 12.7. The number of aliphatic hydroxyl groups excluding tert-OH is 4. The number of thioether (sulfide) groups is 1. The molecule has 1 amide bonds. The molecule has 46 heavy (non-hydrogen) atoms. The van der Waals surface area contributed by atoms with E-state index in [2.05, 4.69) is 29.5 Å². The van der Waals surface area contributed by atoms with E-state index < -0.39 is 48.8 Å². The van der Waals surface area contributed by atoms with Crippen molar-refractivity contribution in [3.63, 3.8) is 0 Å². The Morgan fingerprint density at radius 2 is 1.57 bits per heavy atom. The monoisotopic (exact) mass is 675 g/mol. The van der Waals surface area contributed by atoms with Crippen molar-refractivity contribution < 1.29 is 49.0 Å². The van der Waals surface area contributed by atoms with E-state index in [0.29, 0.717) is 6.42 Å². The number of hydrogen-bond donors (Lipinski definition) is 6. The van der Waals surface area contributed by atoms with Crippen molar-refractivity contribution in [2.45, 2.75) is 140 Å². The lowest BCUT2D eigenvalue weighted by Crippen LogP contribution is -2.58. The number of unbranched alkanes of at least 4 members (excludes halogenated alkanes) is 8. The second-order valence-electron chi connectivity index (χ2n) is 11.6. The topological polar surface area (TPSA) is 229 Å². The van der Waals surface area contributed by atoms with Gasteiger partial charge in [-0.15, -0.1) is 5.10 Å². The van der Waals surface area contributed by atoms with Gasteiger partial charge in [0.25, 0.3) is 0 Å². The van der Waals surface area contributed by atoms with Gasteiger partial charge in [-0.05, 0) is 12.8 Å². The second-order valence-corrected chi connectivity index (χ2v) is 12.7. The summed E-state index contributed by atoms with van der Waals surface area (Å²) in [7, 11) is 0. The zero-order valence-electron chi connectivity index (χ0n) is 27.0. The number of hydrogen-bond acceptors (Lipinski definition) is 14. The molecule has 264 valence electrons. The van der Waals surface area contributed by atoms with Crippen LogP contribution in [0.15, 0.2) is 6.20 Å². The zero-order chi connectivity index (χ0) is 33.9. The summed E-state index contributed by atoms with van der Waals surface area (Å²) in [6.07, 6.45) is 3.75. The van der Waals surface area contributed by atoms with Gasteiger partial charge < -0.3 is 45.7 Å². The van der Waals surface area contributed by atoms with Crippen LogP contribution in [-0.2, 0) is 35.1 Å². The summed E-state index contributed by atoms with van der Waals surface area (Å²) in [4.78, 5) is 37.4. The van der Waals surface area contributed by atoms with Crippen molar-refractivity contribution >= 4 is 35.4 Å². The maximum Gasteiger partial charge on any atom is 0.306 e. The molecular formula is C30H53N5O10S.